The summed E-state index contributed by atoms with van der Waals surface area (Å²) in [5.41, 5.74) is 2.84. The molecule has 2 aromatic carbocycles. The number of rotatable bonds is 6. The average Bonchev–Trinajstić information content (AvgIpc) is 3.05. The summed E-state index contributed by atoms with van der Waals surface area (Å²) in [5, 5.41) is 0. The molecule has 0 spiro atoms. The van der Waals surface area contributed by atoms with Gasteiger partial charge in [0.15, 0.2) is 5.78 Å². The molecule has 0 unspecified atom stereocenters. The molecule has 0 fully saturated rings. The fourth-order valence-corrected chi connectivity index (χ4v) is 4.22. The van der Waals surface area contributed by atoms with E-state index in [0.29, 0.717) is 17.8 Å². The fraction of sp³-hybridized carbons (Fsp3) is 0.300. The normalized spacial score (nSPS) is 13.3. The predicted octanol–water partition coefficient (Wildman–Crippen LogP) is 2.63. The van der Waals surface area contributed by atoms with Crippen LogP contribution in [0.2, 0.25) is 0 Å². The molecule has 2 aromatic rings. The lowest BCUT2D eigenvalue weighted by Gasteiger charge is -2.24. The minimum Gasteiger partial charge on any atom is -0.312 e. The zero-order valence-corrected chi connectivity index (χ0v) is 16.2. The zero-order chi connectivity index (χ0) is 19.6. The van der Waals surface area contributed by atoms with Crippen LogP contribution in [-0.4, -0.2) is 39.5 Å². The first kappa shape index (κ1) is 19.1. The lowest BCUT2D eigenvalue weighted by Crippen LogP contribution is -2.36. The standard InChI is InChI=1S/C20H22N2O4S/c1-15(23)17-7-5-8-18(14-17)22(27(2,25)26)13-11-20(24)21-12-10-16-6-3-4-9-19(16)21/h3-9,14H,10-13H2,1-2H3. The van der Waals surface area contributed by atoms with Gasteiger partial charge in [-0.05, 0) is 37.1 Å². The Bertz CT molecular complexity index is 985. The van der Waals surface area contributed by atoms with Crippen molar-refractivity contribution in [3.63, 3.8) is 0 Å². The summed E-state index contributed by atoms with van der Waals surface area (Å²) in [6.07, 6.45) is 1.97. The average molecular weight is 386 g/mol. The Kier molecular flexibility index (Phi) is 5.32. The fourth-order valence-electron chi connectivity index (χ4n) is 3.30. The number of fused-ring (bicyclic) bond motifs is 1. The highest BCUT2D eigenvalue weighted by molar-refractivity contribution is 7.92. The molecule has 1 aliphatic rings. The van der Waals surface area contributed by atoms with Gasteiger partial charge in [-0.15, -0.1) is 0 Å². The van der Waals surface area contributed by atoms with Crippen LogP contribution in [0, 0.1) is 0 Å². The quantitative estimate of drug-likeness (QED) is 0.716. The molecule has 0 saturated carbocycles. The minimum atomic E-state index is -3.59. The highest BCUT2D eigenvalue weighted by atomic mass is 32.2. The van der Waals surface area contributed by atoms with Crippen molar-refractivity contribution < 1.29 is 18.0 Å². The van der Waals surface area contributed by atoms with Gasteiger partial charge in [-0.1, -0.05) is 30.3 Å². The van der Waals surface area contributed by atoms with Crippen LogP contribution in [0.4, 0.5) is 11.4 Å². The Morgan fingerprint density at radius 1 is 1.11 bits per heavy atom. The summed E-state index contributed by atoms with van der Waals surface area (Å²) >= 11 is 0. The molecular weight excluding hydrogens is 364 g/mol. The van der Waals surface area contributed by atoms with Crippen molar-refractivity contribution in [3.05, 3.63) is 59.7 Å². The Morgan fingerprint density at radius 3 is 2.56 bits per heavy atom. The van der Waals surface area contributed by atoms with E-state index >= 15 is 0 Å². The molecule has 142 valence electrons. The SMILES string of the molecule is CC(=O)c1cccc(N(CCC(=O)N2CCc3ccccc32)S(C)(=O)=O)c1. The van der Waals surface area contributed by atoms with Crippen molar-refractivity contribution in [2.75, 3.05) is 28.6 Å². The first-order valence-corrected chi connectivity index (χ1v) is 10.6. The van der Waals surface area contributed by atoms with Gasteiger partial charge in [0.2, 0.25) is 15.9 Å². The van der Waals surface area contributed by atoms with E-state index in [1.807, 2.05) is 24.3 Å². The molecule has 3 rings (SSSR count). The maximum absolute atomic E-state index is 12.7. The third kappa shape index (κ3) is 4.19. The number of hydrogen-bond donors (Lipinski definition) is 0. The first-order chi connectivity index (χ1) is 12.8. The summed E-state index contributed by atoms with van der Waals surface area (Å²) in [7, 11) is -3.59. The molecule has 0 bridgehead atoms. The van der Waals surface area contributed by atoms with Gasteiger partial charge in [-0.25, -0.2) is 8.42 Å². The van der Waals surface area contributed by atoms with Gasteiger partial charge in [0.1, 0.15) is 0 Å². The van der Waals surface area contributed by atoms with E-state index in [9.17, 15) is 18.0 Å². The maximum Gasteiger partial charge on any atom is 0.232 e. The van der Waals surface area contributed by atoms with Crippen LogP contribution < -0.4 is 9.21 Å². The number of hydrogen-bond acceptors (Lipinski definition) is 4. The number of benzene rings is 2. The number of ketones is 1. The number of carbonyl (C=O) groups excluding carboxylic acids is 2. The van der Waals surface area contributed by atoms with Crippen molar-refractivity contribution in [1.82, 2.24) is 0 Å². The van der Waals surface area contributed by atoms with Crippen molar-refractivity contribution >= 4 is 33.1 Å². The van der Waals surface area contributed by atoms with Crippen LogP contribution in [0.25, 0.3) is 0 Å². The van der Waals surface area contributed by atoms with Crippen LogP contribution >= 0.6 is 0 Å². The molecule has 27 heavy (non-hydrogen) atoms. The molecule has 1 heterocycles. The van der Waals surface area contributed by atoms with E-state index in [1.54, 1.807) is 29.2 Å². The zero-order valence-electron chi connectivity index (χ0n) is 15.4. The van der Waals surface area contributed by atoms with E-state index in [-0.39, 0.29) is 24.7 Å². The highest BCUT2D eigenvalue weighted by Crippen LogP contribution is 2.28. The van der Waals surface area contributed by atoms with E-state index in [2.05, 4.69) is 0 Å². The Morgan fingerprint density at radius 2 is 1.85 bits per heavy atom. The highest BCUT2D eigenvalue weighted by Gasteiger charge is 2.26. The van der Waals surface area contributed by atoms with E-state index < -0.39 is 10.0 Å². The summed E-state index contributed by atoms with van der Waals surface area (Å²) < 4.78 is 25.7. The number of sulfonamides is 1. The number of nitrogens with zero attached hydrogens (tertiary/aromatic N) is 2. The lowest BCUT2D eigenvalue weighted by atomic mass is 10.1. The van der Waals surface area contributed by atoms with E-state index in [0.717, 1.165) is 23.9 Å². The van der Waals surface area contributed by atoms with E-state index in [1.165, 1.54) is 11.2 Å². The minimum absolute atomic E-state index is 0.0255. The molecular formula is C20H22N2O4S. The van der Waals surface area contributed by atoms with Crippen LogP contribution in [0.3, 0.4) is 0 Å². The number of anilines is 2. The Balaban J connectivity index is 1.78. The lowest BCUT2D eigenvalue weighted by molar-refractivity contribution is -0.118. The molecule has 0 atom stereocenters. The summed E-state index contributed by atoms with van der Waals surface area (Å²) in [5.74, 6) is -0.258. The molecule has 1 aliphatic heterocycles. The summed E-state index contributed by atoms with van der Waals surface area (Å²) in [6, 6.07) is 14.2. The van der Waals surface area contributed by atoms with Crippen LogP contribution in [0.1, 0.15) is 29.3 Å². The predicted molar refractivity (Wildman–Crippen MR) is 106 cm³/mol. The molecule has 0 aromatic heterocycles. The number of carbonyl (C=O) groups is 2. The van der Waals surface area contributed by atoms with Crippen molar-refractivity contribution in [2.45, 2.75) is 19.8 Å². The van der Waals surface area contributed by atoms with Crippen LogP contribution in [-0.2, 0) is 21.2 Å². The third-order valence-corrected chi connectivity index (χ3v) is 5.85. The van der Waals surface area contributed by atoms with Crippen LogP contribution in [0.15, 0.2) is 48.5 Å². The summed E-state index contributed by atoms with van der Waals surface area (Å²) in [6.45, 7) is 2.06. The van der Waals surface area contributed by atoms with Gasteiger partial charge in [0.05, 0.1) is 11.9 Å². The number of Topliss-reactive ketones (excluding diaryl/α,β-unsaturated/α-hetero) is 1. The van der Waals surface area contributed by atoms with Gasteiger partial charge in [-0.2, -0.15) is 0 Å². The van der Waals surface area contributed by atoms with Gasteiger partial charge in [0, 0.05) is 30.8 Å². The number of amides is 1. The van der Waals surface area contributed by atoms with Crippen LogP contribution in [0.5, 0.6) is 0 Å². The van der Waals surface area contributed by atoms with Gasteiger partial charge >= 0.3 is 0 Å². The Hall–Kier alpha value is -2.67. The topological polar surface area (TPSA) is 74.8 Å². The number of para-hydroxylation sites is 1. The second-order valence-corrected chi connectivity index (χ2v) is 8.52. The van der Waals surface area contributed by atoms with Crippen molar-refractivity contribution in [1.29, 1.82) is 0 Å². The van der Waals surface area contributed by atoms with Gasteiger partial charge in [-0.3, -0.25) is 13.9 Å². The molecule has 0 N–H and O–H groups in total. The first-order valence-electron chi connectivity index (χ1n) is 8.74. The second kappa shape index (κ2) is 7.52. The second-order valence-electron chi connectivity index (χ2n) is 6.62. The molecule has 0 aliphatic carbocycles. The molecule has 6 nitrogen and oxygen atoms in total. The van der Waals surface area contributed by atoms with Gasteiger partial charge in [0.25, 0.3) is 0 Å². The maximum atomic E-state index is 12.7. The molecule has 7 heteroatoms. The summed E-state index contributed by atoms with van der Waals surface area (Å²) in [4.78, 5) is 26.0. The molecule has 0 saturated heterocycles. The van der Waals surface area contributed by atoms with Crippen molar-refractivity contribution in [2.24, 2.45) is 0 Å². The third-order valence-electron chi connectivity index (χ3n) is 4.66. The molecule has 0 radical (unpaired) electrons. The molecule has 1 amide bonds. The monoisotopic (exact) mass is 386 g/mol. The smallest absolute Gasteiger partial charge is 0.232 e. The largest absolute Gasteiger partial charge is 0.312 e. The Labute approximate surface area is 159 Å². The van der Waals surface area contributed by atoms with E-state index in [4.69, 9.17) is 0 Å². The van der Waals surface area contributed by atoms with Crippen molar-refractivity contribution in [3.8, 4) is 0 Å². The van der Waals surface area contributed by atoms with Gasteiger partial charge < -0.3 is 4.90 Å².